The molecule has 0 aromatic carbocycles. The summed E-state index contributed by atoms with van der Waals surface area (Å²) in [5.74, 6) is 0. The van der Waals surface area contributed by atoms with Gasteiger partial charge in [0.2, 0.25) is 0 Å². The smallest absolute Gasteiger partial charge is 0.170 e. The molecule has 2 heterocycles. The molecule has 0 saturated carbocycles. The van der Waals surface area contributed by atoms with Gasteiger partial charge in [-0.3, -0.25) is 0 Å². The fraction of sp³-hybridized carbons (Fsp3) is 0.250. The minimum absolute atomic E-state index is 0.796. The van der Waals surface area contributed by atoms with Gasteiger partial charge in [-0.15, -0.1) is 0 Å². The Hall–Kier alpha value is -0.900. The van der Waals surface area contributed by atoms with Crippen LogP contribution in [0.4, 0.5) is 0 Å². The van der Waals surface area contributed by atoms with Crippen molar-refractivity contribution in [1.82, 2.24) is 14.4 Å². The molecule has 62 valence electrons. The molecule has 0 spiro atoms. The number of aromatic nitrogens is 3. The molecule has 0 aliphatic heterocycles. The van der Waals surface area contributed by atoms with E-state index in [4.69, 9.17) is 0 Å². The SMILES string of the molecule is CCc1cnc2c(Br)nccn12. The Bertz CT molecular complexity index is 408. The predicted octanol–water partition coefficient (Wildman–Crippen LogP) is 2.05. The Morgan fingerprint density at radius 1 is 1.50 bits per heavy atom. The number of halogens is 1. The van der Waals surface area contributed by atoms with E-state index in [1.807, 2.05) is 16.8 Å². The summed E-state index contributed by atoms with van der Waals surface area (Å²) in [7, 11) is 0. The van der Waals surface area contributed by atoms with Crippen LogP contribution in [-0.4, -0.2) is 14.4 Å². The standard InChI is InChI=1S/C8H8BrN3/c1-2-6-5-11-8-7(9)10-3-4-12(6)8/h3-5H,2H2,1H3. The summed E-state index contributed by atoms with van der Waals surface area (Å²) in [6, 6.07) is 0. The van der Waals surface area contributed by atoms with Crippen LogP contribution in [0.3, 0.4) is 0 Å². The highest BCUT2D eigenvalue weighted by molar-refractivity contribution is 9.10. The van der Waals surface area contributed by atoms with E-state index in [2.05, 4.69) is 32.8 Å². The van der Waals surface area contributed by atoms with Crippen LogP contribution < -0.4 is 0 Å². The van der Waals surface area contributed by atoms with Crippen molar-refractivity contribution in [2.24, 2.45) is 0 Å². The molecule has 0 saturated heterocycles. The topological polar surface area (TPSA) is 30.2 Å². The first kappa shape index (κ1) is 7.73. The Morgan fingerprint density at radius 2 is 2.33 bits per heavy atom. The second kappa shape index (κ2) is 2.86. The van der Waals surface area contributed by atoms with Crippen LogP contribution in [0.1, 0.15) is 12.6 Å². The third-order valence-electron chi connectivity index (χ3n) is 1.82. The van der Waals surface area contributed by atoms with E-state index in [-0.39, 0.29) is 0 Å². The van der Waals surface area contributed by atoms with Gasteiger partial charge in [-0.05, 0) is 22.4 Å². The first-order valence-electron chi connectivity index (χ1n) is 3.79. The molecule has 0 fully saturated rings. The highest BCUT2D eigenvalue weighted by atomic mass is 79.9. The van der Waals surface area contributed by atoms with Gasteiger partial charge in [-0.1, -0.05) is 6.92 Å². The lowest BCUT2D eigenvalue weighted by Gasteiger charge is -1.97. The lowest BCUT2D eigenvalue weighted by Crippen LogP contribution is -1.91. The van der Waals surface area contributed by atoms with Crippen molar-refractivity contribution in [2.45, 2.75) is 13.3 Å². The van der Waals surface area contributed by atoms with E-state index in [1.165, 1.54) is 5.69 Å². The fourth-order valence-corrected chi connectivity index (χ4v) is 1.61. The van der Waals surface area contributed by atoms with Gasteiger partial charge in [0.25, 0.3) is 0 Å². The maximum atomic E-state index is 4.24. The molecule has 0 amide bonds. The number of nitrogens with zero attached hydrogens (tertiary/aromatic N) is 3. The average molecular weight is 226 g/mol. The van der Waals surface area contributed by atoms with Gasteiger partial charge in [-0.2, -0.15) is 0 Å². The molecular weight excluding hydrogens is 218 g/mol. The zero-order chi connectivity index (χ0) is 8.55. The molecule has 2 aromatic heterocycles. The average Bonchev–Trinajstić information content (AvgIpc) is 2.49. The Labute approximate surface area is 78.6 Å². The van der Waals surface area contributed by atoms with Gasteiger partial charge < -0.3 is 4.40 Å². The van der Waals surface area contributed by atoms with Gasteiger partial charge in [0.1, 0.15) is 4.60 Å². The minimum Gasteiger partial charge on any atom is -0.300 e. The van der Waals surface area contributed by atoms with E-state index in [1.54, 1.807) is 6.20 Å². The van der Waals surface area contributed by atoms with Crippen LogP contribution in [0.5, 0.6) is 0 Å². The molecule has 4 heteroatoms. The van der Waals surface area contributed by atoms with Gasteiger partial charge in [0.15, 0.2) is 5.65 Å². The Morgan fingerprint density at radius 3 is 3.08 bits per heavy atom. The van der Waals surface area contributed by atoms with Crippen molar-refractivity contribution in [3.63, 3.8) is 0 Å². The largest absolute Gasteiger partial charge is 0.300 e. The third kappa shape index (κ3) is 1.03. The van der Waals surface area contributed by atoms with Crippen LogP contribution >= 0.6 is 15.9 Å². The summed E-state index contributed by atoms with van der Waals surface area (Å²) >= 11 is 3.34. The molecule has 0 aliphatic rings. The molecule has 0 aliphatic carbocycles. The number of fused-ring (bicyclic) bond motifs is 1. The van der Waals surface area contributed by atoms with Gasteiger partial charge >= 0.3 is 0 Å². The van der Waals surface area contributed by atoms with E-state index in [0.29, 0.717) is 0 Å². The van der Waals surface area contributed by atoms with E-state index in [0.717, 1.165) is 16.7 Å². The summed E-state index contributed by atoms with van der Waals surface area (Å²) in [5.41, 5.74) is 2.09. The lowest BCUT2D eigenvalue weighted by atomic mass is 10.4. The monoisotopic (exact) mass is 225 g/mol. The number of aryl methyl sites for hydroxylation is 1. The summed E-state index contributed by atoms with van der Waals surface area (Å²) in [6.45, 7) is 2.11. The molecular formula is C8H8BrN3. The lowest BCUT2D eigenvalue weighted by molar-refractivity contribution is 0.978. The second-order valence-electron chi connectivity index (χ2n) is 2.51. The van der Waals surface area contributed by atoms with Gasteiger partial charge in [-0.25, -0.2) is 9.97 Å². The van der Waals surface area contributed by atoms with Gasteiger partial charge in [0, 0.05) is 24.3 Å². The third-order valence-corrected chi connectivity index (χ3v) is 2.38. The van der Waals surface area contributed by atoms with Crippen molar-refractivity contribution < 1.29 is 0 Å². The Kier molecular flexibility index (Phi) is 1.84. The van der Waals surface area contributed by atoms with Crippen molar-refractivity contribution >= 4 is 21.6 Å². The number of hydrogen-bond acceptors (Lipinski definition) is 2. The zero-order valence-electron chi connectivity index (χ0n) is 6.66. The van der Waals surface area contributed by atoms with Crippen LogP contribution in [0.2, 0.25) is 0 Å². The van der Waals surface area contributed by atoms with Crippen molar-refractivity contribution in [2.75, 3.05) is 0 Å². The van der Waals surface area contributed by atoms with Crippen molar-refractivity contribution in [1.29, 1.82) is 0 Å². The molecule has 0 atom stereocenters. The molecule has 3 nitrogen and oxygen atoms in total. The van der Waals surface area contributed by atoms with Crippen LogP contribution in [-0.2, 0) is 6.42 Å². The molecule has 2 rings (SSSR count). The highest BCUT2D eigenvalue weighted by Gasteiger charge is 2.03. The molecule has 2 aromatic rings. The van der Waals surface area contributed by atoms with E-state index < -0.39 is 0 Å². The highest BCUT2D eigenvalue weighted by Crippen LogP contribution is 2.14. The maximum absolute atomic E-state index is 4.24. The predicted molar refractivity (Wildman–Crippen MR) is 50.1 cm³/mol. The molecule has 0 radical (unpaired) electrons. The zero-order valence-corrected chi connectivity index (χ0v) is 8.24. The number of hydrogen-bond donors (Lipinski definition) is 0. The molecule has 12 heavy (non-hydrogen) atoms. The van der Waals surface area contributed by atoms with Gasteiger partial charge in [0.05, 0.1) is 0 Å². The van der Waals surface area contributed by atoms with E-state index >= 15 is 0 Å². The summed E-state index contributed by atoms with van der Waals surface area (Å²) < 4.78 is 2.83. The normalized spacial score (nSPS) is 10.8. The van der Waals surface area contributed by atoms with Crippen LogP contribution in [0, 0.1) is 0 Å². The maximum Gasteiger partial charge on any atom is 0.170 e. The van der Waals surface area contributed by atoms with Crippen molar-refractivity contribution in [3.05, 3.63) is 28.9 Å². The summed E-state index contributed by atoms with van der Waals surface area (Å²) in [6.07, 6.45) is 6.54. The number of imidazole rings is 1. The summed E-state index contributed by atoms with van der Waals surface area (Å²) in [5, 5.41) is 0. The summed E-state index contributed by atoms with van der Waals surface area (Å²) in [4.78, 5) is 8.33. The van der Waals surface area contributed by atoms with Crippen LogP contribution in [0.25, 0.3) is 5.65 Å². The fourth-order valence-electron chi connectivity index (χ4n) is 1.20. The number of rotatable bonds is 1. The van der Waals surface area contributed by atoms with Crippen molar-refractivity contribution in [3.8, 4) is 0 Å². The first-order valence-corrected chi connectivity index (χ1v) is 4.58. The Balaban J connectivity index is 2.80. The second-order valence-corrected chi connectivity index (χ2v) is 3.27. The molecule has 0 unspecified atom stereocenters. The van der Waals surface area contributed by atoms with Crippen LogP contribution in [0.15, 0.2) is 23.2 Å². The quantitative estimate of drug-likeness (QED) is 0.744. The molecule has 0 N–H and O–H groups in total. The van der Waals surface area contributed by atoms with E-state index in [9.17, 15) is 0 Å². The minimum atomic E-state index is 0.796. The molecule has 0 bridgehead atoms. The first-order chi connectivity index (χ1) is 5.83.